The molecule has 0 amide bonds. The average molecular weight is 190 g/mol. The van der Waals surface area contributed by atoms with Crippen molar-refractivity contribution in [3.05, 3.63) is 41.1 Å². The summed E-state index contributed by atoms with van der Waals surface area (Å²) in [5.74, 6) is 0. The van der Waals surface area contributed by atoms with Gasteiger partial charge in [-0.25, -0.2) is 0 Å². The predicted molar refractivity (Wildman–Crippen MR) is 58.5 cm³/mol. The Balaban J connectivity index is 2.24. The molecular formula is C10H10N2S. The first-order valence-electron chi connectivity index (χ1n) is 4.00. The van der Waals surface area contributed by atoms with Crippen LogP contribution in [0.25, 0.3) is 0 Å². The molecule has 13 heavy (non-hydrogen) atoms. The molecule has 0 saturated heterocycles. The normalized spacial score (nSPS) is 9.85. The van der Waals surface area contributed by atoms with Crippen LogP contribution in [0, 0.1) is 0 Å². The molecule has 1 aromatic heterocycles. The number of nitrogens with one attached hydrogen (secondary N) is 1. The Morgan fingerprint density at radius 2 is 2.00 bits per heavy atom. The van der Waals surface area contributed by atoms with Gasteiger partial charge in [-0.1, -0.05) is 12.1 Å². The first-order chi connectivity index (χ1) is 6.36. The molecule has 0 aliphatic rings. The number of hydrogen-bond donors (Lipinski definition) is 2. The number of nitrogen functional groups attached to an aromatic ring is 1. The molecule has 0 saturated carbocycles. The topological polar surface area (TPSA) is 38.0 Å². The number of thiophene rings is 1. The first-order valence-corrected chi connectivity index (χ1v) is 4.94. The molecule has 3 heteroatoms. The van der Waals surface area contributed by atoms with Crippen LogP contribution in [-0.4, -0.2) is 0 Å². The highest BCUT2D eigenvalue weighted by Gasteiger charge is 1.97. The lowest BCUT2D eigenvalue weighted by Crippen LogP contribution is -1.94. The van der Waals surface area contributed by atoms with E-state index in [0.29, 0.717) is 0 Å². The van der Waals surface area contributed by atoms with E-state index in [1.807, 2.05) is 41.1 Å². The fourth-order valence-electron chi connectivity index (χ4n) is 1.10. The number of anilines is 3. The number of para-hydroxylation sites is 2. The van der Waals surface area contributed by atoms with Crippen LogP contribution < -0.4 is 11.1 Å². The molecule has 0 spiro atoms. The summed E-state index contributed by atoms with van der Waals surface area (Å²) >= 11 is 1.66. The first kappa shape index (κ1) is 8.13. The summed E-state index contributed by atoms with van der Waals surface area (Å²) in [5, 5.41) is 7.31. The quantitative estimate of drug-likeness (QED) is 0.714. The maximum absolute atomic E-state index is 5.78. The largest absolute Gasteiger partial charge is 0.397 e. The van der Waals surface area contributed by atoms with Gasteiger partial charge in [0, 0.05) is 11.1 Å². The van der Waals surface area contributed by atoms with Crippen molar-refractivity contribution in [1.82, 2.24) is 0 Å². The fraction of sp³-hybridized carbons (Fsp3) is 0. The zero-order chi connectivity index (χ0) is 9.10. The van der Waals surface area contributed by atoms with Crippen molar-refractivity contribution in [3.63, 3.8) is 0 Å². The molecule has 0 fully saturated rings. The summed E-state index contributed by atoms with van der Waals surface area (Å²) in [4.78, 5) is 0. The molecule has 2 aromatic rings. The summed E-state index contributed by atoms with van der Waals surface area (Å²) < 4.78 is 0. The van der Waals surface area contributed by atoms with Crippen LogP contribution in [0.3, 0.4) is 0 Å². The van der Waals surface area contributed by atoms with E-state index >= 15 is 0 Å². The van der Waals surface area contributed by atoms with Gasteiger partial charge in [-0.05, 0) is 23.6 Å². The number of benzene rings is 1. The van der Waals surface area contributed by atoms with Gasteiger partial charge in [0.25, 0.3) is 0 Å². The van der Waals surface area contributed by atoms with E-state index in [0.717, 1.165) is 17.1 Å². The lowest BCUT2D eigenvalue weighted by Gasteiger charge is -2.06. The fourth-order valence-corrected chi connectivity index (χ4v) is 1.69. The van der Waals surface area contributed by atoms with Crippen molar-refractivity contribution in [2.45, 2.75) is 0 Å². The second-order valence-electron chi connectivity index (χ2n) is 2.72. The van der Waals surface area contributed by atoms with Gasteiger partial charge in [0.15, 0.2) is 0 Å². The summed E-state index contributed by atoms with van der Waals surface area (Å²) in [7, 11) is 0. The highest BCUT2D eigenvalue weighted by atomic mass is 32.1. The van der Waals surface area contributed by atoms with Crippen LogP contribution in [0.5, 0.6) is 0 Å². The zero-order valence-corrected chi connectivity index (χ0v) is 7.84. The second-order valence-corrected chi connectivity index (χ2v) is 3.50. The van der Waals surface area contributed by atoms with E-state index in [-0.39, 0.29) is 0 Å². The third kappa shape index (κ3) is 1.81. The molecule has 2 rings (SSSR count). The minimum Gasteiger partial charge on any atom is -0.397 e. The van der Waals surface area contributed by atoms with Crippen LogP contribution in [0.2, 0.25) is 0 Å². The van der Waals surface area contributed by atoms with Crippen LogP contribution in [-0.2, 0) is 0 Å². The van der Waals surface area contributed by atoms with E-state index in [1.165, 1.54) is 0 Å². The predicted octanol–water partition coefficient (Wildman–Crippen LogP) is 3.07. The highest BCUT2D eigenvalue weighted by Crippen LogP contribution is 2.23. The monoisotopic (exact) mass is 190 g/mol. The molecule has 0 aliphatic carbocycles. The number of hydrogen-bond acceptors (Lipinski definition) is 3. The van der Waals surface area contributed by atoms with Gasteiger partial charge in [-0.15, -0.1) is 0 Å². The van der Waals surface area contributed by atoms with Crippen molar-refractivity contribution in [1.29, 1.82) is 0 Å². The lowest BCUT2D eigenvalue weighted by atomic mass is 10.2. The smallest absolute Gasteiger partial charge is 0.0618 e. The van der Waals surface area contributed by atoms with E-state index in [9.17, 15) is 0 Å². The van der Waals surface area contributed by atoms with Crippen molar-refractivity contribution >= 4 is 28.4 Å². The van der Waals surface area contributed by atoms with Crippen molar-refractivity contribution < 1.29 is 0 Å². The maximum atomic E-state index is 5.78. The summed E-state index contributed by atoms with van der Waals surface area (Å²) in [5.41, 5.74) is 8.60. The average Bonchev–Trinajstić information content (AvgIpc) is 2.61. The molecule has 0 unspecified atom stereocenters. The minimum absolute atomic E-state index is 0.772. The van der Waals surface area contributed by atoms with E-state index < -0.39 is 0 Å². The van der Waals surface area contributed by atoms with Gasteiger partial charge in [0.05, 0.1) is 11.4 Å². The Labute approximate surface area is 81.0 Å². The SMILES string of the molecule is Nc1ccccc1Nc1ccsc1. The van der Waals surface area contributed by atoms with Gasteiger partial charge in [0.1, 0.15) is 0 Å². The molecule has 2 nitrogen and oxygen atoms in total. The second kappa shape index (κ2) is 3.49. The van der Waals surface area contributed by atoms with Crippen LogP contribution in [0.15, 0.2) is 41.1 Å². The molecule has 0 aliphatic heterocycles. The van der Waals surface area contributed by atoms with Crippen molar-refractivity contribution in [3.8, 4) is 0 Å². The van der Waals surface area contributed by atoms with Gasteiger partial charge < -0.3 is 11.1 Å². The highest BCUT2D eigenvalue weighted by molar-refractivity contribution is 7.08. The van der Waals surface area contributed by atoms with E-state index in [2.05, 4.69) is 5.32 Å². The molecule has 0 radical (unpaired) electrons. The minimum atomic E-state index is 0.772. The summed E-state index contributed by atoms with van der Waals surface area (Å²) in [6.45, 7) is 0. The zero-order valence-electron chi connectivity index (χ0n) is 7.03. The lowest BCUT2D eigenvalue weighted by molar-refractivity contribution is 1.58. The third-order valence-electron chi connectivity index (χ3n) is 1.76. The molecular weight excluding hydrogens is 180 g/mol. The van der Waals surface area contributed by atoms with Crippen LogP contribution in [0.4, 0.5) is 17.1 Å². The molecule has 1 heterocycles. The number of rotatable bonds is 2. The Kier molecular flexibility index (Phi) is 2.19. The summed E-state index contributed by atoms with van der Waals surface area (Å²) in [6, 6.07) is 9.76. The third-order valence-corrected chi connectivity index (χ3v) is 2.44. The van der Waals surface area contributed by atoms with Gasteiger partial charge >= 0.3 is 0 Å². The maximum Gasteiger partial charge on any atom is 0.0618 e. The molecule has 1 aromatic carbocycles. The molecule has 0 atom stereocenters. The molecule has 0 bridgehead atoms. The Hall–Kier alpha value is -1.48. The van der Waals surface area contributed by atoms with Crippen LogP contribution in [0.1, 0.15) is 0 Å². The molecule has 3 N–H and O–H groups in total. The van der Waals surface area contributed by atoms with E-state index in [4.69, 9.17) is 5.73 Å². The van der Waals surface area contributed by atoms with Gasteiger partial charge in [0.2, 0.25) is 0 Å². The van der Waals surface area contributed by atoms with Crippen LogP contribution >= 0.6 is 11.3 Å². The van der Waals surface area contributed by atoms with Crippen molar-refractivity contribution in [2.24, 2.45) is 0 Å². The van der Waals surface area contributed by atoms with Gasteiger partial charge in [-0.3, -0.25) is 0 Å². The molecule has 66 valence electrons. The summed E-state index contributed by atoms with van der Waals surface area (Å²) in [6.07, 6.45) is 0. The van der Waals surface area contributed by atoms with E-state index in [1.54, 1.807) is 11.3 Å². The Morgan fingerprint density at radius 1 is 1.15 bits per heavy atom. The van der Waals surface area contributed by atoms with Gasteiger partial charge in [-0.2, -0.15) is 11.3 Å². The Bertz CT molecular complexity index is 382. The number of nitrogens with two attached hydrogens (primary N) is 1. The standard InChI is InChI=1S/C10H10N2S/c11-9-3-1-2-4-10(9)12-8-5-6-13-7-8/h1-7,12H,11H2. The Morgan fingerprint density at radius 3 is 2.69 bits per heavy atom. The van der Waals surface area contributed by atoms with Crippen molar-refractivity contribution in [2.75, 3.05) is 11.1 Å².